The van der Waals surface area contributed by atoms with E-state index in [2.05, 4.69) is 69.2 Å². The number of rotatable bonds is 7. The van der Waals surface area contributed by atoms with Gasteiger partial charge in [0.2, 0.25) is 0 Å². The fourth-order valence-electron chi connectivity index (χ4n) is 4.01. The third kappa shape index (κ3) is 4.82. The highest BCUT2D eigenvalue weighted by Crippen LogP contribution is 2.30. The highest BCUT2D eigenvalue weighted by atomic mass is 32.2. The van der Waals surface area contributed by atoms with Gasteiger partial charge >= 0.3 is 0 Å². The zero-order valence-electron chi connectivity index (χ0n) is 17.1. The van der Waals surface area contributed by atoms with Gasteiger partial charge in [0.15, 0.2) is 5.16 Å². The van der Waals surface area contributed by atoms with E-state index in [-0.39, 0.29) is 0 Å². The molecule has 0 radical (unpaired) electrons. The van der Waals surface area contributed by atoms with Crippen LogP contribution in [0.5, 0.6) is 5.75 Å². The van der Waals surface area contributed by atoms with Crippen LogP contribution in [0.1, 0.15) is 35.7 Å². The number of thioether (sulfide) groups is 1. The molecule has 0 unspecified atom stereocenters. The van der Waals surface area contributed by atoms with Gasteiger partial charge in [0, 0.05) is 37.4 Å². The Morgan fingerprint density at radius 3 is 2.69 bits per heavy atom. The Morgan fingerprint density at radius 2 is 1.86 bits per heavy atom. The molecular weight excluding hydrogens is 380 g/mol. The summed E-state index contributed by atoms with van der Waals surface area (Å²) in [6, 6.07) is 18.8. The lowest BCUT2D eigenvalue weighted by Crippen LogP contribution is -2.34. The Kier molecular flexibility index (Phi) is 6.52. The van der Waals surface area contributed by atoms with Crippen LogP contribution in [0.3, 0.4) is 0 Å². The number of hydrogen-bond acceptors (Lipinski definition) is 5. The molecule has 1 aromatic heterocycles. The van der Waals surface area contributed by atoms with Gasteiger partial charge < -0.3 is 9.30 Å². The van der Waals surface area contributed by atoms with Crippen molar-refractivity contribution in [2.75, 3.05) is 20.2 Å². The molecular formula is C23H28N4OS. The third-order valence-electron chi connectivity index (χ3n) is 5.54. The molecule has 152 valence electrons. The summed E-state index contributed by atoms with van der Waals surface area (Å²) in [4.78, 5) is 2.51. The number of hydrogen-bond donors (Lipinski definition) is 0. The quantitative estimate of drug-likeness (QED) is 0.539. The number of piperidine rings is 1. The second-order valence-corrected chi connectivity index (χ2v) is 8.50. The summed E-state index contributed by atoms with van der Waals surface area (Å²) in [5, 5.41) is 10.0. The molecule has 1 atom stereocenters. The third-order valence-corrected chi connectivity index (χ3v) is 6.63. The lowest BCUT2D eigenvalue weighted by molar-refractivity contribution is 0.193. The van der Waals surface area contributed by atoms with E-state index in [1.165, 1.54) is 17.5 Å². The monoisotopic (exact) mass is 408 g/mol. The molecule has 0 amide bonds. The molecule has 0 saturated carbocycles. The molecule has 0 N–H and O–H groups in total. The maximum Gasteiger partial charge on any atom is 0.191 e. The van der Waals surface area contributed by atoms with Crippen LogP contribution < -0.4 is 4.74 Å². The SMILES string of the molecule is COc1ccccc1CN1CCC[C@@H](c2nnc(SCc3ccccc3)n2C)C1. The predicted molar refractivity (Wildman–Crippen MR) is 117 cm³/mol. The van der Waals surface area contributed by atoms with Gasteiger partial charge in [-0.15, -0.1) is 10.2 Å². The number of benzene rings is 2. The zero-order chi connectivity index (χ0) is 20.1. The molecule has 1 fully saturated rings. The van der Waals surface area contributed by atoms with E-state index in [1.807, 2.05) is 12.1 Å². The minimum atomic E-state index is 0.419. The van der Waals surface area contributed by atoms with E-state index in [1.54, 1.807) is 18.9 Å². The standard InChI is InChI=1S/C23H28N4OS/c1-26-22(24-25-23(26)29-17-18-9-4-3-5-10-18)20-12-8-14-27(16-20)15-19-11-6-7-13-21(19)28-2/h3-7,9-11,13,20H,8,12,14-17H2,1-2H3/t20-/m1/s1. The summed E-state index contributed by atoms with van der Waals surface area (Å²) in [5.74, 6) is 3.40. The fraction of sp³-hybridized carbons (Fsp3) is 0.391. The number of ether oxygens (including phenoxy) is 1. The van der Waals surface area contributed by atoms with Gasteiger partial charge in [0.1, 0.15) is 11.6 Å². The van der Waals surface area contributed by atoms with Gasteiger partial charge in [0.05, 0.1) is 7.11 Å². The highest BCUT2D eigenvalue weighted by Gasteiger charge is 2.26. The summed E-state index contributed by atoms with van der Waals surface area (Å²) in [6.45, 7) is 3.03. The van der Waals surface area contributed by atoms with E-state index in [9.17, 15) is 0 Å². The second kappa shape index (κ2) is 9.46. The molecule has 5 nitrogen and oxygen atoms in total. The topological polar surface area (TPSA) is 43.2 Å². The number of aromatic nitrogens is 3. The van der Waals surface area contributed by atoms with Gasteiger partial charge in [-0.25, -0.2) is 0 Å². The van der Waals surface area contributed by atoms with Crippen LogP contribution in [0, 0.1) is 0 Å². The smallest absolute Gasteiger partial charge is 0.191 e. The number of nitrogens with zero attached hydrogens (tertiary/aromatic N) is 4. The number of methoxy groups -OCH3 is 1. The highest BCUT2D eigenvalue weighted by molar-refractivity contribution is 7.98. The largest absolute Gasteiger partial charge is 0.496 e. The maximum absolute atomic E-state index is 5.53. The van der Waals surface area contributed by atoms with Gasteiger partial charge in [-0.05, 0) is 31.0 Å². The summed E-state index contributed by atoms with van der Waals surface area (Å²) in [6.07, 6.45) is 2.34. The van der Waals surface area contributed by atoms with Crippen molar-refractivity contribution in [3.63, 3.8) is 0 Å². The molecule has 1 saturated heterocycles. The lowest BCUT2D eigenvalue weighted by atomic mass is 9.96. The van der Waals surface area contributed by atoms with Crippen LogP contribution in [0.25, 0.3) is 0 Å². The van der Waals surface area contributed by atoms with E-state index >= 15 is 0 Å². The average molecular weight is 409 g/mol. The van der Waals surface area contributed by atoms with E-state index in [0.29, 0.717) is 5.92 Å². The molecule has 1 aliphatic rings. The van der Waals surface area contributed by atoms with Crippen molar-refractivity contribution in [2.45, 2.75) is 36.2 Å². The molecule has 1 aliphatic heterocycles. The Morgan fingerprint density at radius 1 is 1.07 bits per heavy atom. The summed E-state index contributed by atoms with van der Waals surface area (Å²) >= 11 is 1.75. The minimum Gasteiger partial charge on any atom is -0.496 e. The number of para-hydroxylation sites is 1. The summed E-state index contributed by atoms with van der Waals surface area (Å²) in [7, 11) is 3.84. The van der Waals surface area contributed by atoms with Crippen molar-refractivity contribution in [1.82, 2.24) is 19.7 Å². The van der Waals surface area contributed by atoms with Crippen molar-refractivity contribution < 1.29 is 4.74 Å². The van der Waals surface area contributed by atoms with Crippen molar-refractivity contribution in [2.24, 2.45) is 7.05 Å². The van der Waals surface area contributed by atoms with Crippen LogP contribution in [-0.2, 0) is 19.3 Å². The van der Waals surface area contributed by atoms with Gasteiger partial charge in [-0.2, -0.15) is 0 Å². The van der Waals surface area contributed by atoms with E-state index < -0.39 is 0 Å². The van der Waals surface area contributed by atoms with Gasteiger partial charge in [-0.3, -0.25) is 4.90 Å². The molecule has 2 heterocycles. The van der Waals surface area contributed by atoms with Crippen molar-refractivity contribution in [1.29, 1.82) is 0 Å². The molecule has 29 heavy (non-hydrogen) atoms. The van der Waals surface area contributed by atoms with Crippen LogP contribution in [0.15, 0.2) is 59.8 Å². The molecule has 6 heteroatoms. The normalized spacial score (nSPS) is 17.4. The zero-order valence-corrected chi connectivity index (χ0v) is 17.9. The molecule has 3 aromatic rings. The Labute approximate surface area is 177 Å². The molecule has 0 aliphatic carbocycles. The Bertz CT molecular complexity index is 928. The lowest BCUT2D eigenvalue weighted by Gasteiger charge is -2.32. The Hall–Kier alpha value is -2.31. The van der Waals surface area contributed by atoms with Crippen LogP contribution in [-0.4, -0.2) is 39.9 Å². The molecule has 0 bridgehead atoms. The van der Waals surface area contributed by atoms with E-state index in [4.69, 9.17) is 4.74 Å². The van der Waals surface area contributed by atoms with Gasteiger partial charge in [0.25, 0.3) is 0 Å². The first-order chi connectivity index (χ1) is 14.2. The van der Waals surface area contributed by atoms with Crippen molar-refractivity contribution >= 4 is 11.8 Å². The Balaban J connectivity index is 1.41. The maximum atomic E-state index is 5.53. The average Bonchev–Trinajstić information content (AvgIpc) is 3.14. The minimum absolute atomic E-state index is 0.419. The van der Waals surface area contributed by atoms with Crippen LogP contribution >= 0.6 is 11.8 Å². The van der Waals surface area contributed by atoms with Crippen LogP contribution in [0.2, 0.25) is 0 Å². The molecule has 2 aromatic carbocycles. The predicted octanol–water partition coefficient (Wildman–Crippen LogP) is 4.50. The number of likely N-dealkylation sites (tertiary alicyclic amines) is 1. The summed E-state index contributed by atoms with van der Waals surface area (Å²) < 4.78 is 7.71. The molecule has 4 rings (SSSR count). The van der Waals surface area contributed by atoms with Crippen molar-refractivity contribution in [3.8, 4) is 5.75 Å². The fourth-order valence-corrected chi connectivity index (χ4v) is 4.89. The molecule has 0 spiro atoms. The van der Waals surface area contributed by atoms with E-state index in [0.717, 1.165) is 48.5 Å². The van der Waals surface area contributed by atoms with Gasteiger partial charge in [-0.1, -0.05) is 60.3 Å². The van der Waals surface area contributed by atoms with Crippen molar-refractivity contribution in [3.05, 3.63) is 71.5 Å². The summed E-state index contributed by atoms with van der Waals surface area (Å²) in [5.41, 5.74) is 2.55. The van der Waals surface area contributed by atoms with Crippen LogP contribution in [0.4, 0.5) is 0 Å². The first kappa shape index (κ1) is 20.0. The first-order valence-electron chi connectivity index (χ1n) is 10.1. The first-order valence-corrected chi connectivity index (χ1v) is 11.1. The second-order valence-electron chi connectivity index (χ2n) is 7.56.